The highest BCUT2D eigenvalue weighted by atomic mass is 16.9. The highest BCUT2D eigenvalue weighted by molar-refractivity contribution is 5.21. The van der Waals surface area contributed by atoms with Crippen molar-refractivity contribution in [2.24, 2.45) is 22.7 Å². The van der Waals surface area contributed by atoms with E-state index in [0.29, 0.717) is 0 Å². The molecule has 0 saturated carbocycles. The Labute approximate surface area is 40.6 Å². The van der Waals surface area contributed by atoms with Crippen LogP contribution >= 0.6 is 0 Å². The van der Waals surface area contributed by atoms with Gasteiger partial charge in [0.05, 0.1) is 6.72 Å². The maximum absolute atomic E-state index is 4.85. The van der Waals surface area contributed by atoms with Crippen LogP contribution in [0.5, 0.6) is 0 Å². The van der Waals surface area contributed by atoms with Gasteiger partial charge in [0.1, 0.15) is 4.97 Å². The molecule has 0 atom stereocenters. The standard InChI is InChI=1S/CH8N5O/c1-5-6(2,3)7-4/h1-4H2/q+1. The van der Waals surface area contributed by atoms with Crippen molar-refractivity contribution in [2.45, 2.75) is 0 Å². The topological polar surface area (TPSA) is 99.6 Å². The Morgan fingerprint density at radius 2 is 2.00 bits per heavy atom. The Morgan fingerprint density at radius 3 is 2.00 bits per heavy atom. The quantitative estimate of drug-likeness (QED) is 0.163. The fourth-order valence-electron chi connectivity index (χ4n) is 0.0333. The van der Waals surface area contributed by atoms with Crippen molar-refractivity contribution in [2.75, 3.05) is 0 Å². The predicted molar refractivity (Wildman–Crippen MR) is 23.5 cm³/mol. The summed E-state index contributed by atoms with van der Waals surface area (Å²) in [7, 11) is 0. The summed E-state index contributed by atoms with van der Waals surface area (Å²) in [5, 5.41) is 3.03. The molecule has 0 aliphatic rings. The molecule has 0 unspecified atom stereocenters. The fourth-order valence-corrected chi connectivity index (χ4v) is 0.0333. The number of hydrogen-bond donors (Lipinski definition) is 3. The average Bonchev–Trinajstić information content (AvgIpc) is 1.68. The summed E-state index contributed by atoms with van der Waals surface area (Å²) in [6.45, 7) is 2.97. The average molecular weight is 106 g/mol. The molecule has 0 aromatic carbocycles. The number of rotatable bonds is 2. The van der Waals surface area contributed by atoms with Crippen LogP contribution < -0.4 is 17.6 Å². The van der Waals surface area contributed by atoms with Gasteiger partial charge < -0.3 is 0 Å². The van der Waals surface area contributed by atoms with Crippen molar-refractivity contribution < 1.29 is 9.91 Å². The first kappa shape index (κ1) is 6.47. The highest BCUT2D eigenvalue weighted by Crippen LogP contribution is 1.78. The van der Waals surface area contributed by atoms with Gasteiger partial charge in [-0.05, 0) is 10.0 Å². The minimum Gasteiger partial charge on any atom is -0.153 e. The van der Waals surface area contributed by atoms with Gasteiger partial charge in [-0.25, -0.2) is 0 Å². The zero-order valence-electron chi connectivity index (χ0n) is 3.74. The fraction of sp³-hybridized carbons (Fsp3) is 0. The Bertz CT molecular complexity index is 68.5. The Balaban J connectivity index is 3.58. The minimum atomic E-state index is -1.07. The highest BCUT2D eigenvalue weighted by Gasteiger charge is 2.12. The zero-order chi connectivity index (χ0) is 5.91. The molecule has 0 radical (unpaired) electrons. The number of hydrogen-bond acceptors (Lipinski definition) is 5. The monoisotopic (exact) mass is 106 g/mol. The normalized spacial score (nSPS) is 11.3. The van der Waals surface area contributed by atoms with Crippen LogP contribution in [0, 0.1) is 0 Å². The molecule has 0 saturated heterocycles. The molecule has 0 aromatic rings. The summed E-state index contributed by atoms with van der Waals surface area (Å²) in [5.74, 6) is 14.2. The van der Waals surface area contributed by atoms with E-state index in [-0.39, 0.29) is 0 Å². The number of quaternary nitrogens is 1. The molecule has 0 aromatic heterocycles. The molecule has 0 fully saturated rings. The SMILES string of the molecule is C=N[N+](N)(N)ON. The van der Waals surface area contributed by atoms with E-state index in [9.17, 15) is 0 Å². The predicted octanol–water partition coefficient (Wildman–Crippen LogP) is -2.03. The largest absolute Gasteiger partial charge is 0.153 e. The van der Waals surface area contributed by atoms with Gasteiger partial charge in [-0.3, -0.25) is 0 Å². The second kappa shape index (κ2) is 1.96. The van der Waals surface area contributed by atoms with Crippen molar-refractivity contribution in [1.29, 1.82) is 0 Å². The van der Waals surface area contributed by atoms with E-state index in [1.54, 1.807) is 0 Å². The molecule has 0 rings (SSSR count). The number of nitrogens with zero attached hydrogens (tertiary/aromatic N) is 2. The summed E-state index contributed by atoms with van der Waals surface area (Å²) >= 11 is 0. The molecular weight excluding hydrogens is 98.0 g/mol. The van der Waals surface area contributed by atoms with Crippen molar-refractivity contribution >= 4 is 6.72 Å². The van der Waals surface area contributed by atoms with E-state index >= 15 is 0 Å². The third-order valence-corrected chi connectivity index (χ3v) is 0.390. The lowest BCUT2D eigenvalue weighted by Crippen LogP contribution is -2.57. The first-order chi connectivity index (χ1) is 3.12. The molecule has 0 amide bonds. The van der Waals surface area contributed by atoms with Gasteiger partial charge in [0.15, 0.2) is 0 Å². The summed E-state index contributed by atoms with van der Waals surface area (Å²) in [4.78, 5) is 2.78. The van der Waals surface area contributed by atoms with Gasteiger partial charge in [-0.1, -0.05) is 11.7 Å². The van der Waals surface area contributed by atoms with E-state index in [4.69, 9.17) is 11.7 Å². The van der Waals surface area contributed by atoms with E-state index in [2.05, 4.69) is 22.7 Å². The van der Waals surface area contributed by atoms with Crippen molar-refractivity contribution in [1.82, 2.24) is 0 Å². The van der Waals surface area contributed by atoms with Crippen LogP contribution in [-0.4, -0.2) is 11.7 Å². The van der Waals surface area contributed by atoms with E-state index in [1.165, 1.54) is 0 Å². The van der Waals surface area contributed by atoms with Crippen LogP contribution in [0.3, 0.4) is 0 Å². The third kappa shape index (κ3) is 2.20. The van der Waals surface area contributed by atoms with Gasteiger partial charge >= 0.3 is 0 Å². The van der Waals surface area contributed by atoms with Gasteiger partial charge in [0, 0.05) is 0 Å². The molecule has 7 heavy (non-hydrogen) atoms. The van der Waals surface area contributed by atoms with Crippen LogP contribution in [0.4, 0.5) is 0 Å². The summed E-state index contributed by atoms with van der Waals surface area (Å²) in [5.41, 5.74) is 0. The first-order valence-electron chi connectivity index (χ1n) is 1.45. The third-order valence-electron chi connectivity index (χ3n) is 0.390. The Kier molecular flexibility index (Phi) is 1.81. The van der Waals surface area contributed by atoms with Crippen LogP contribution in [0.1, 0.15) is 0 Å². The van der Waals surface area contributed by atoms with Crippen molar-refractivity contribution in [3.63, 3.8) is 0 Å². The van der Waals surface area contributed by atoms with E-state index in [0.717, 1.165) is 0 Å². The molecule has 0 aliphatic carbocycles. The minimum absolute atomic E-state index is 1.07. The van der Waals surface area contributed by atoms with Gasteiger partial charge in [0.2, 0.25) is 0 Å². The maximum atomic E-state index is 4.85. The zero-order valence-corrected chi connectivity index (χ0v) is 3.74. The van der Waals surface area contributed by atoms with Crippen molar-refractivity contribution in [3.05, 3.63) is 0 Å². The van der Waals surface area contributed by atoms with Gasteiger partial charge in [-0.2, -0.15) is 5.90 Å². The molecule has 0 heterocycles. The Morgan fingerprint density at radius 1 is 1.57 bits per heavy atom. The van der Waals surface area contributed by atoms with Crippen LogP contribution in [0.25, 0.3) is 0 Å². The second-order valence-electron chi connectivity index (χ2n) is 0.919. The lowest BCUT2D eigenvalue weighted by atomic mass is 11.7. The van der Waals surface area contributed by atoms with Gasteiger partial charge in [-0.15, -0.1) is 0 Å². The lowest BCUT2D eigenvalue weighted by Gasteiger charge is -2.09. The smallest absolute Gasteiger partial charge is 0.104 e. The first-order valence-corrected chi connectivity index (χ1v) is 1.45. The molecular formula is CH8N5O+. The van der Waals surface area contributed by atoms with E-state index in [1.807, 2.05) is 0 Å². The molecule has 0 aliphatic heterocycles. The lowest BCUT2D eigenvalue weighted by molar-refractivity contribution is -1.13. The van der Waals surface area contributed by atoms with Crippen molar-refractivity contribution in [3.8, 4) is 0 Å². The molecule has 6 N–H and O–H groups in total. The molecule has 0 spiro atoms. The maximum Gasteiger partial charge on any atom is 0.104 e. The summed E-state index contributed by atoms with van der Waals surface area (Å²) < 4.78 is 0. The molecule has 42 valence electrons. The van der Waals surface area contributed by atoms with Crippen LogP contribution in [0.2, 0.25) is 0 Å². The van der Waals surface area contributed by atoms with E-state index < -0.39 is 4.97 Å². The summed E-state index contributed by atoms with van der Waals surface area (Å²) in [6, 6.07) is 0. The molecule has 0 bridgehead atoms. The molecule has 6 heteroatoms. The van der Waals surface area contributed by atoms with Gasteiger partial charge in [0.25, 0.3) is 0 Å². The second-order valence-corrected chi connectivity index (χ2v) is 0.919. The molecule has 6 nitrogen and oxygen atoms in total. The van der Waals surface area contributed by atoms with Crippen LogP contribution in [0.15, 0.2) is 5.10 Å². The Hall–Kier alpha value is -0.530. The summed E-state index contributed by atoms with van der Waals surface area (Å²) in [6.07, 6.45) is 0. The number of nitrogens with two attached hydrogens (primary N) is 3. The van der Waals surface area contributed by atoms with Crippen LogP contribution in [-0.2, 0) is 4.94 Å².